The van der Waals surface area contributed by atoms with Gasteiger partial charge in [-0.3, -0.25) is 0 Å². The van der Waals surface area contributed by atoms with Crippen molar-refractivity contribution < 1.29 is 9.52 Å². The van der Waals surface area contributed by atoms with E-state index in [2.05, 4.69) is 0 Å². The summed E-state index contributed by atoms with van der Waals surface area (Å²) in [6.07, 6.45) is 1.77. The average Bonchev–Trinajstić information content (AvgIpc) is 2.16. The maximum Gasteiger partial charge on any atom is 0.339 e. The van der Waals surface area contributed by atoms with Crippen LogP contribution in [-0.4, -0.2) is 11.2 Å². The number of hydrogen-bond acceptors (Lipinski definition) is 3. The molecule has 1 aromatic rings. The Labute approximate surface area is 89.1 Å². The molecule has 1 rings (SSSR count). The van der Waals surface area contributed by atoms with Crippen LogP contribution in [0.2, 0.25) is 0 Å². The van der Waals surface area contributed by atoms with Crippen molar-refractivity contribution in [2.45, 2.75) is 33.3 Å². The smallest absolute Gasteiger partial charge is 0.339 e. The average molecular weight is 208 g/mol. The van der Waals surface area contributed by atoms with Gasteiger partial charge in [-0.2, -0.15) is 0 Å². The first kappa shape index (κ1) is 11.7. The summed E-state index contributed by atoms with van der Waals surface area (Å²) in [5, 5.41) is 9.16. The van der Waals surface area contributed by atoms with Crippen molar-refractivity contribution in [2.75, 3.05) is 0 Å². The molecular formula is C12H16O3. The van der Waals surface area contributed by atoms with Gasteiger partial charge in [0.05, 0.1) is 6.10 Å². The Morgan fingerprint density at radius 1 is 1.60 bits per heavy atom. The van der Waals surface area contributed by atoms with Crippen LogP contribution < -0.4 is 5.63 Å². The topological polar surface area (TPSA) is 50.4 Å². The third-order valence-corrected chi connectivity index (χ3v) is 2.16. The van der Waals surface area contributed by atoms with E-state index in [0.717, 1.165) is 5.57 Å². The number of aliphatic hydroxyl groups is 1. The van der Waals surface area contributed by atoms with Crippen molar-refractivity contribution in [1.82, 2.24) is 0 Å². The minimum Gasteiger partial charge on any atom is -0.423 e. The van der Waals surface area contributed by atoms with Crippen molar-refractivity contribution in [2.24, 2.45) is 0 Å². The van der Waals surface area contributed by atoms with Crippen LogP contribution in [0, 0.1) is 0 Å². The Morgan fingerprint density at radius 3 is 2.73 bits per heavy atom. The molecule has 0 aliphatic carbocycles. The van der Waals surface area contributed by atoms with Gasteiger partial charge < -0.3 is 9.52 Å². The van der Waals surface area contributed by atoms with E-state index in [1.54, 1.807) is 32.1 Å². The van der Waals surface area contributed by atoms with Crippen molar-refractivity contribution >= 4 is 5.57 Å². The number of hydrogen-bond donors (Lipinski definition) is 1. The number of aryl methyl sites for hydroxylation is 1. The fourth-order valence-corrected chi connectivity index (χ4v) is 1.36. The molecule has 3 heteroatoms. The van der Waals surface area contributed by atoms with Gasteiger partial charge in [0.2, 0.25) is 0 Å². The van der Waals surface area contributed by atoms with E-state index in [1.807, 2.05) is 6.92 Å². The van der Waals surface area contributed by atoms with E-state index < -0.39 is 6.10 Å². The van der Waals surface area contributed by atoms with Gasteiger partial charge in [0.25, 0.3) is 0 Å². The summed E-state index contributed by atoms with van der Waals surface area (Å²) in [5.41, 5.74) is 1.14. The van der Waals surface area contributed by atoms with E-state index >= 15 is 0 Å². The number of allylic oxidation sites excluding steroid dienone is 1. The fraction of sp³-hybridized carbons (Fsp3) is 0.417. The fourth-order valence-electron chi connectivity index (χ4n) is 1.36. The Bertz CT molecular complexity index is 413. The molecule has 0 bridgehead atoms. The zero-order chi connectivity index (χ0) is 11.4. The van der Waals surface area contributed by atoms with Crippen LogP contribution >= 0.6 is 0 Å². The Balaban J connectivity index is 3.08. The largest absolute Gasteiger partial charge is 0.423 e. The summed E-state index contributed by atoms with van der Waals surface area (Å²) < 4.78 is 5.13. The van der Waals surface area contributed by atoms with E-state index in [9.17, 15) is 4.79 Å². The molecule has 0 saturated heterocycles. The third kappa shape index (κ3) is 3.06. The highest BCUT2D eigenvalue weighted by Crippen LogP contribution is 2.13. The van der Waals surface area contributed by atoms with E-state index in [-0.39, 0.29) is 5.63 Å². The van der Waals surface area contributed by atoms with Crippen LogP contribution in [0.1, 0.15) is 32.1 Å². The molecule has 3 nitrogen and oxygen atoms in total. The molecule has 0 spiro atoms. The first-order chi connectivity index (χ1) is 7.04. The molecule has 0 radical (unpaired) electrons. The highest BCUT2D eigenvalue weighted by Gasteiger charge is 2.04. The zero-order valence-electron chi connectivity index (χ0n) is 9.28. The van der Waals surface area contributed by atoms with E-state index in [0.29, 0.717) is 17.7 Å². The van der Waals surface area contributed by atoms with Crippen LogP contribution in [0.5, 0.6) is 0 Å². The molecule has 1 aromatic heterocycles. The first-order valence-corrected chi connectivity index (χ1v) is 5.04. The summed E-state index contributed by atoms with van der Waals surface area (Å²) >= 11 is 0. The molecule has 1 heterocycles. The van der Waals surface area contributed by atoms with E-state index in [4.69, 9.17) is 9.52 Å². The van der Waals surface area contributed by atoms with Gasteiger partial charge >= 0.3 is 5.63 Å². The molecule has 0 aliphatic heterocycles. The van der Waals surface area contributed by atoms with Crippen LogP contribution in [0.15, 0.2) is 27.4 Å². The summed E-state index contributed by atoms with van der Waals surface area (Å²) in [6, 6.07) is 3.52. The molecule has 0 fully saturated rings. The zero-order valence-corrected chi connectivity index (χ0v) is 9.28. The van der Waals surface area contributed by atoms with Gasteiger partial charge in [0.1, 0.15) is 5.76 Å². The first-order valence-electron chi connectivity index (χ1n) is 5.04. The lowest BCUT2D eigenvalue weighted by Gasteiger charge is -2.02. The predicted molar refractivity (Wildman–Crippen MR) is 59.7 cm³/mol. The van der Waals surface area contributed by atoms with Gasteiger partial charge in [0.15, 0.2) is 0 Å². The standard InChI is InChI=1S/C12H16O3/c1-4-10-5-6-11(15-12(10)14)8(2)7-9(3)13/h5-7,9,13H,4H2,1-3H3/b8-7+/t9-/m0/s1. The van der Waals surface area contributed by atoms with Crippen molar-refractivity contribution in [1.29, 1.82) is 0 Å². The molecule has 0 aromatic carbocycles. The lowest BCUT2D eigenvalue weighted by Crippen LogP contribution is -2.07. The maximum absolute atomic E-state index is 11.4. The minimum atomic E-state index is -0.541. The SMILES string of the molecule is CCc1ccc(/C(C)=C/[C@H](C)O)oc1=O. The van der Waals surface area contributed by atoms with Gasteiger partial charge in [-0.1, -0.05) is 6.92 Å². The molecule has 0 aliphatic rings. The highest BCUT2D eigenvalue weighted by molar-refractivity contribution is 5.59. The Morgan fingerprint density at radius 2 is 2.27 bits per heavy atom. The predicted octanol–water partition coefficient (Wildman–Crippen LogP) is 1.99. The molecular weight excluding hydrogens is 192 g/mol. The summed E-state index contributed by atoms with van der Waals surface area (Å²) in [7, 11) is 0. The third-order valence-electron chi connectivity index (χ3n) is 2.16. The molecule has 0 saturated carbocycles. The van der Waals surface area contributed by atoms with Crippen LogP contribution in [0.3, 0.4) is 0 Å². The lowest BCUT2D eigenvalue weighted by atomic mass is 10.1. The van der Waals surface area contributed by atoms with Crippen LogP contribution in [0.4, 0.5) is 0 Å². The summed E-state index contributed by atoms with van der Waals surface area (Å²) in [5.74, 6) is 0.512. The molecule has 15 heavy (non-hydrogen) atoms. The minimum absolute atomic E-state index is 0.298. The van der Waals surface area contributed by atoms with Gasteiger partial charge in [0, 0.05) is 5.56 Å². The highest BCUT2D eigenvalue weighted by atomic mass is 16.4. The molecule has 1 atom stereocenters. The maximum atomic E-state index is 11.4. The van der Waals surface area contributed by atoms with E-state index in [1.165, 1.54) is 0 Å². The van der Waals surface area contributed by atoms with Crippen molar-refractivity contribution in [3.63, 3.8) is 0 Å². The molecule has 0 unspecified atom stereocenters. The van der Waals surface area contributed by atoms with Crippen molar-refractivity contribution in [3.05, 3.63) is 40.0 Å². The number of rotatable bonds is 3. The van der Waals surface area contributed by atoms with Gasteiger partial charge in [-0.25, -0.2) is 4.79 Å². The van der Waals surface area contributed by atoms with Crippen LogP contribution in [0.25, 0.3) is 5.57 Å². The van der Waals surface area contributed by atoms with Gasteiger partial charge in [-0.05, 0) is 44.1 Å². The Hall–Kier alpha value is -1.35. The molecule has 82 valence electrons. The second-order valence-electron chi connectivity index (χ2n) is 3.56. The normalized spacial score (nSPS) is 14.0. The quantitative estimate of drug-likeness (QED) is 0.826. The molecule has 0 amide bonds. The van der Waals surface area contributed by atoms with Gasteiger partial charge in [-0.15, -0.1) is 0 Å². The number of aliphatic hydroxyl groups excluding tert-OH is 1. The summed E-state index contributed by atoms with van der Waals surface area (Å²) in [4.78, 5) is 11.4. The second kappa shape index (κ2) is 4.94. The van der Waals surface area contributed by atoms with Crippen LogP contribution in [-0.2, 0) is 6.42 Å². The monoisotopic (exact) mass is 208 g/mol. The lowest BCUT2D eigenvalue weighted by molar-refractivity contribution is 0.244. The molecule has 1 N–H and O–H groups in total. The van der Waals surface area contributed by atoms with Crippen molar-refractivity contribution in [3.8, 4) is 0 Å². The summed E-state index contributed by atoms with van der Waals surface area (Å²) in [6.45, 7) is 5.36. The second-order valence-corrected chi connectivity index (χ2v) is 3.56. The Kier molecular flexibility index (Phi) is 3.86.